The highest BCUT2D eigenvalue weighted by Crippen LogP contribution is 2.23. The molecule has 158 valence electrons. The number of rotatable bonds is 7. The van der Waals surface area contributed by atoms with Crippen molar-refractivity contribution < 1.29 is 14.3 Å². The van der Waals surface area contributed by atoms with E-state index in [1.54, 1.807) is 42.5 Å². The summed E-state index contributed by atoms with van der Waals surface area (Å²) in [5.74, 6) is -0.514. The molecule has 6 nitrogen and oxygen atoms in total. The quantitative estimate of drug-likeness (QED) is 0.423. The fourth-order valence-electron chi connectivity index (χ4n) is 2.81. The number of carbonyl (C=O) groups is 2. The van der Waals surface area contributed by atoms with E-state index in [0.717, 1.165) is 10.0 Å². The first-order valence-corrected chi connectivity index (χ1v) is 10.6. The number of nitrogens with one attached hydrogen (secondary N) is 2. The molecule has 0 aliphatic heterocycles. The molecule has 0 heterocycles. The van der Waals surface area contributed by atoms with Gasteiger partial charge in [-0.1, -0.05) is 52.3 Å². The molecular weight excluding hydrogens is 478 g/mol. The second kappa shape index (κ2) is 10.7. The van der Waals surface area contributed by atoms with E-state index < -0.39 is 11.8 Å². The van der Waals surface area contributed by atoms with Crippen LogP contribution in [0.1, 0.15) is 26.3 Å². The molecule has 2 amide bonds. The van der Waals surface area contributed by atoms with E-state index in [4.69, 9.17) is 22.7 Å². The van der Waals surface area contributed by atoms with Crippen LogP contribution in [0.4, 0.5) is 5.69 Å². The van der Waals surface area contributed by atoms with E-state index in [1.165, 1.54) is 0 Å². The van der Waals surface area contributed by atoms with Crippen molar-refractivity contribution in [3.63, 3.8) is 0 Å². The Bertz CT molecular complexity index is 1110. The number of hydrogen-bond donors (Lipinski definition) is 3. The van der Waals surface area contributed by atoms with Crippen molar-refractivity contribution in [1.82, 2.24) is 5.32 Å². The lowest BCUT2D eigenvalue weighted by Crippen LogP contribution is -2.34. The Morgan fingerprint density at radius 3 is 2.52 bits per heavy atom. The Balaban J connectivity index is 1.65. The van der Waals surface area contributed by atoms with Crippen LogP contribution in [0, 0.1) is 0 Å². The van der Waals surface area contributed by atoms with Gasteiger partial charge in [-0.2, -0.15) is 0 Å². The highest BCUT2D eigenvalue weighted by Gasteiger charge is 2.15. The van der Waals surface area contributed by atoms with Gasteiger partial charge in [0.1, 0.15) is 5.75 Å². The second-order valence-electron chi connectivity index (χ2n) is 6.58. The van der Waals surface area contributed by atoms with Crippen LogP contribution in [-0.2, 0) is 6.42 Å². The first kappa shape index (κ1) is 22.5. The number of halogens is 1. The highest BCUT2D eigenvalue weighted by molar-refractivity contribution is 9.10. The number of amides is 2. The minimum atomic E-state index is -0.551. The number of benzene rings is 3. The smallest absolute Gasteiger partial charge is 0.261 e. The maximum Gasteiger partial charge on any atom is 0.261 e. The first-order chi connectivity index (χ1) is 14.9. The predicted octanol–water partition coefficient (Wildman–Crippen LogP) is 4.30. The molecule has 0 saturated carbocycles. The van der Waals surface area contributed by atoms with Gasteiger partial charge in [0.05, 0.1) is 12.2 Å². The second-order valence-corrected chi connectivity index (χ2v) is 7.90. The van der Waals surface area contributed by atoms with E-state index in [-0.39, 0.29) is 5.11 Å². The van der Waals surface area contributed by atoms with E-state index >= 15 is 0 Å². The molecule has 0 bridgehead atoms. The largest absolute Gasteiger partial charge is 0.492 e. The SMILES string of the molecule is NC(=O)c1cccc(NC(=S)NC(=O)c2cc(Br)ccc2OCCc2ccccc2)c1. The van der Waals surface area contributed by atoms with Crippen LogP contribution in [0.2, 0.25) is 0 Å². The van der Waals surface area contributed by atoms with Crippen LogP contribution in [0.5, 0.6) is 5.75 Å². The van der Waals surface area contributed by atoms with Crippen molar-refractivity contribution in [2.75, 3.05) is 11.9 Å². The lowest BCUT2D eigenvalue weighted by Gasteiger charge is -2.14. The number of ether oxygens (including phenoxy) is 1. The molecule has 0 radical (unpaired) electrons. The van der Waals surface area contributed by atoms with Gasteiger partial charge in [0, 0.05) is 22.1 Å². The van der Waals surface area contributed by atoms with Crippen molar-refractivity contribution in [1.29, 1.82) is 0 Å². The zero-order valence-electron chi connectivity index (χ0n) is 16.4. The van der Waals surface area contributed by atoms with E-state index in [2.05, 4.69) is 26.6 Å². The summed E-state index contributed by atoms with van der Waals surface area (Å²) in [6, 6.07) is 21.7. The zero-order chi connectivity index (χ0) is 22.2. The minimum absolute atomic E-state index is 0.0850. The van der Waals surface area contributed by atoms with Gasteiger partial charge in [-0.25, -0.2) is 0 Å². The number of primary amides is 1. The number of anilines is 1. The summed E-state index contributed by atoms with van der Waals surface area (Å²) in [7, 11) is 0. The molecule has 8 heteroatoms. The van der Waals surface area contributed by atoms with Gasteiger partial charge in [-0.05, 0) is 54.2 Å². The van der Waals surface area contributed by atoms with Crippen molar-refractivity contribution in [3.8, 4) is 5.75 Å². The van der Waals surface area contributed by atoms with Crippen LogP contribution in [0.25, 0.3) is 0 Å². The Labute approximate surface area is 193 Å². The summed E-state index contributed by atoms with van der Waals surface area (Å²) in [5.41, 5.74) is 7.65. The van der Waals surface area contributed by atoms with Crippen LogP contribution < -0.4 is 21.1 Å². The molecule has 0 aliphatic rings. The van der Waals surface area contributed by atoms with Crippen LogP contribution in [0.15, 0.2) is 77.3 Å². The molecule has 3 rings (SSSR count). The normalized spacial score (nSPS) is 10.2. The summed E-state index contributed by atoms with van der Waals surface area (Å²) >= 11 is 8.62. The number of nitrogens with two attached hydrogens (primary N) is 1. The summed E-state index contributed by atoms with van der Waals surface area (Å²) in [5, 5.41) is 5.59. The van der Waals surface area contributed by atoms with Crippen LogP contribution in [0.3, 0.4) is 0 Å². The lowest BCUT2D eigenvalue weighted by molar-refractivity contribution is 0.0971. The summed E-state index contributed by atoms with van der Waals surface area (Å²) in [4.78, 5) is 24.1. The van der Waals surface area contributed by atoms with Crippen LogP contribution >= 0.6 is 28.1 Å². The third kappa shape index (κ3) is 6.63. The van der Waals surface area contributed by atoms with Crippen molar-refractivity contribution in [3.05, 3.63) is 94.0 Å². The fraction of sp³-hybridized carbons (Fsp3) is 0.0870. The Kier molecular flexibility index (Phi) is 7.75. The monoisotopic (exact) mass is 497 g/mol. The molecule has 0 fully saturated rings. The van der Waals surface area contributed by atoms with E-state index in [9.17, 15) is 9.59 Å². The average molecular weight is 498 g/mol. The topological polar surface area (TPSA) is 93.5 Å². The fourth-order valence-corrected chi connectivity index (χ4v) is 3.38. The lowest BCUT2D eigenvalue weighted by atomic mass is 10.1. The number of thiocarbonyl (C=S) groups is 1. The van der Waals surface area contributed by atoms with Crippen LogP contribution in [-0.4, -0.2) is 23.5 Å². The predicted molar refractivity (Wildman–Crippen MR) is 128 cm³/mol. The molecule has 4 N–H and O–H groups in total. The van der Waals surface area contributed by atoms with Crippen molar-refractivity contribution >= 4 is 50.8 Å². The average Bonchev–Trinajstić information content (AvgIpc) is 2.75. The van der Waals surface area contributed by atoms with Gasteiger partial charge in [0.25, 0.3) is 5.91 Å². The van der Waals surface area contributed by atoms with Crippen molar-refractivity contribution in [2.24, 2.45) is 5.73 Å². The van der Waals surface area contributed by atoms with Gasteiger partial charge < -0.3 is 15.8 Å². The van der Waals surface area contributed by atoms with Gasteiger partial charge in [-0.3, -0.25) is 14.9 Å². The number of hydrogen-bond acceptors (Lipinski definition) is 4. The molecule has 0 aliphatic carbocycles. The molecule has 0 atom stereocenters. The molecule has 3 aromatic carbocycles. The molecular formula is C23H20BrN3O3S. The summed E-state index contributed by atoms with van der Waals surface area (Å²) in [6.07, 6.45) is 0.716. The maximum absolute atomic E-state index is 12.8. The standard InChI is InChI=1S/C23H20BrN3O3S/c24-17-9-10-20(30-12-11-15-5-2-1-3-6-15)19(14-17)22(29)27-23(31)26-18-8-4-7-16(13-18)21(25)28/h1-10,13-14H,11-12H2,(H2,25,28)(H2,26,27,29,31). The van der Waals surface area contributed by atoms with Gasteiger partial charge in [-0.15, -0.1) is 0 Å². The molecule has 0 aromatic heterocycles. The summed E-state index contributed by atoms with van der Waals surface area (Å²) < 4.78 is 6.60. The Morgan fingerprint density at radius 2 is 1.77 bits per heavy atom. The van der Waals surface area contributed by atoms with Crippen molar-refractivity contribution in [2.45, 2.75) is 6.42 Å². The highest BCUT2D eigenvalue weighted by atomic mass is 79.9. The summed E-state index contributed by atoms with van der Waals surface area (Å²) in [6.45, 7) is 0.425. The molecule has 0 saturated heterocycles. The molecule has 31 heavy (non-hydrogen) atoms. The minimum Gasteiger partial charge on any atom is -0.492 e. The zero-order valence-corrected chi connectivity index (χ0v) is 18.8. The van der Waals surface area contributed by atoms with Gasteiger partial charge >= 0.3 is 0 Å². The number of carbonyl (C=O) groups excluding carboxylic acids is 2. The van der Waals surface area contributed by atoms with Gasteiger partial charge in [0.2, 0.25) is 5.91 Å². The Morgan fingerprint density at radius 1 is 1.00 bits per heavy atom. The van der Waals surface area contributed by atoms with E-state index in [0.29, 0.717) is 35.6 Å². The maximum atomic E-state index is 12.8. The third-order valence-electron chi connectivity index (χ3n) is 4.31. The third-order valence-corrected chi connectivity index (χ3v) is 5.01. The van der Waals surface area contributed by atoms with Gasteiger partial charge in [0.15, 0.2) is 5.11 Å². The molecule has 3 aromatic rings. The first-order valence-electron chi connectivity index (χ1n) is 9.41. The Hall–Kier alpha value is -3.23. The van der Waals surface area contributed by atoms with E-state index in [1.807, 2.05) is 30.3 Å². The molecule has 0 spiro atoms. The molecule has 0 unspecified atom stereocenters.